The average Bonchev–Trinajstić information content (AvgIpc) is 2.03. The molecule has 3 heteroatoms. The zero-order valence-electron chi connectivity index (χ0n) is 7.37. The number of methoxy groups -OCH3 is 1. The van der Waals surface area contributed by atoms with E-state index in [1.807, 2.05) is 6.92 Å². The van der Waals surface area contributed by atoms with E-state index in [4.69, 9.17) is 4.74 Å². The normalized spacial score (nSPS) is 10.2. The van der Waals surface area contributed by atoms with Crippen LogP contribution in [0.2, 0.25) is 0 Å². The monoisotopic (exact) mass is 167 g/mol. The van der Waals surface area contributed by atoms with E-state index in [0.717, 1.165) is 5.56 Å². The molecule has 0 atom stereocenters. The lowest BCUT2D eigenvalue weighted by Crippen LogP contribution is -1.97. The fourth-order valence-corrected chi connectivity index (χ4v) is 0.973. The number of aromatic hydroxyl groups is 1. The Labute approximate surface area is 72.0 Å². The third kappa shape index (κ3) is 2.20. The van der Waals surface area contributed by atoms with Crippen LogP contribution in [0.3, 0.4) is 0 Å². The van der Waals surface area contributed by atoms with Gasteiger partial charge in [0.1, 0.15) is 5.75 Å². The summed E-state index contributed by atoms with van der Waals surface area (Å²) in [6.45, 7) is 2.48. The predicted octanol–water partition coefficient (Wildman–Crippen LogP) is 1.28. The van der Waals surface area contributed by atoms with Crippen molar-refractivity contribution >= 4 is 0 Å². The number of hydrogen-bond acceptors (Lipinski definition) is 3. The molecule has 0 aliphatic carbocycles. The van der Waals surface area contributed by atoms with Crippen molar-refractivity contribution in [3.63, 3.8) is 0 Å². The minimum absolute atomic E-state index is 0.257. The second kappa shape index (κ2) is 4.07. The van der Waals surface area contributed by atoms with E-state index in [2.05, 4.69) is 4.98 Å². The van der Waals surface area contributed by atoms with Gasteiger partial charge in [0.15, 0.2) is 0 Å². The Bertz CT molecular complexity index is 261. The number of ether oxygens (including phenoxy) is 1. The van der Waals surface area contributed by atoms with Gasteiger partial charge >= 0.3 is 0 Å². The van der Waals surface area contributed by atoms with Crippen LogP contribution in [-0.4, -0.2) is 23.8 Å². The molecule has 0 bridgehead atoms. The molecule has 1 N–H and O–H groups in total. The Balaban J connectivity index is 2.72. The van der Waals surface area contributed by atoms with Gasteiger partial charge in [-0.05, 0) is 18.6 Å². The first-order valence-corrected chi connectivity index (χ1v) is 3.87. The average molecular weight is 167 g/mol. The van der Waals surface area contributed by atoms with Gasteiger partial charge in [0, 0.05) is 19.7 Å². The van der Waals surface area contributed by atoms with Crippen molar-refractivity contribution in [2.24, 2.45) is 0 Å². The van der Waals surface area contributed by atoms with Gasteiger partial charge in [-0.15, -0.1) is 0 Å². The molecule has 1 aromatic rings. The van der Waals surface area contributed by atoms with Crippen molar-refractivity contribution in [3.05, 3.63) is 23.5 Å². The molecule has 66 valence electrons. The summed E-state index contributed by atoms with van der Waals surface area (Å²) in [4.78, 5) is 4.09. The van der Waals surface area contributed by atoms with Gasteiger partial charge in [0.05, 0.1) is 12.3 Å². The molecule has 0 aliphatic heterocycles. The van der Waals surface area contributed by atoms with Gasteiger partial charge in [-0.25, -0.2) is 0 Å². The smallest absolute Gasteiger partial charge is 0.137 e. The molecule has 12 heavy (non-hydrogen) atoms. The Morgan fingerprint density at radius 2 is 2.33 bits per heavy atom. The first kappa shape index (κ1) is 9.00. The van der Waals surface area contributed by atoms with Gasteiger partial charge in [-0.1, -0.05) is 0 Å². The third-order valence-electron chi connectivity index (χ3n) is 1.63. The van der Waals surface area contributed by atoms with Gasteiger partial charge in [0.25, 0.3) is 0 Å². The fraction of sp³-hybridized carbons (Fsp3) is 0.444. The van der Waals surface area contributed by atoms with E-state index in [9.17, 15) is 5.11 Å². The van der Waals surface area contributed by atoms with Crippen LogP contribution in [0.15, 0.2) is 12.3 Å². The molecular formula is C9H13NO2. The van der Waals surface area contributed by atoms with E-state index in [1.54, 1.807) is 19.4 Å². The largest absolute Gasteiger partial charge is 0.506 e. The lowest BCUT2D eigenvalue weighted by atomic mass is 10.2. The molecule has 0 saturated carbocycles. The van der Waals surface area contributed by atoms with Crippen molar-refractivity contribution in [2.75, 3.05) is 13.7 Å². The topological polar surface area (TPSA) is 42.4 Å². The molecular weight excluding hydrogens is 154 g/mol. The minimum Gasteiger partial charge on any atom is -0.506 e. The second-order valence-corrected chi connectivity index (χ2v) is 2.72. The van der Waals surface area contributed by atoms with Crippen molar-refractivity contribution in [1.29, 1.82) is 0 Å². The summed E-state index contributed by atoms with van der Waals surface area (Å²) in [5.41, 5.74) is 1.66. The molecule has 0 unspecified atom stereocenters. The number of aromatic nitrogens is 1. The Morgan fingerprint density at radius 1 is 1.58 bits per heavy atom. The van der Waals surface area contributed by atoms with Gasteiger partial charge in [-0.2, -0.15) is 0 Å². The molecule has 1 rings (SSSR count). The minimum atomic E-state index is 0.257. The Kier molecular flexibility index (Phi) is 3.05. The van der Waals surface area contributed by atoms with Crippen LogP contribution >= 0.6 is 0 Å². The SMILES string of the molecule is COCCc1ncc(C)cc1O. The van der Waals surface area contributed by atoms with Gasteiger partial charge in [-0.3, -0.25) is 4.98 Å². The molecule has 0 saturated heterocycles. The summed E-state index contributed by atoms with van der Waals surface area (Å²) in [6, 6.07) is 1.71. The molecule has 0 spiro atoms. The van der Waals surface area contributed by atoms with E-state index < -0.39 is 0 Å². The highest BCUT2D eigenvalue weighted by Gasteiger charge is 2.01. The molecule has 0 aromatic carbocycles. The first-order chi connectivity index (χ1) is 5.74. The maximum Gasteiger partial charge on any atom is 0.137 e. The highest BCUT2D eigenvalue weighted by molar-refractivity contribution is 5.29. The summed E-state index contributed by atoms with van der Waals surface area (Å²) in [6.07, 6.45) is 2.40. The van der Waals surface area contributed by atoms with E-state index in [-0.39, 0.29) is 5.75 Å². The number of pyridine rings is 1. The summed E-state index contributed by atoms with van der Waals surface area (Å²) in [5.74, 6) is 0.257. The van der Waals surface area contributed by atoms with Crippen LogP contribution in [0.25, 0.3) is 0 Å². The fourth-order valence-electron chi connectivity index (χ4n) is 0.973. The molecule has 1 aromatic heterocycles. The molecule has 1 heterocycles. The summed E-state index contributed by atoms with van der Waals surface area (Å²) >= 11 is 0. The molecule has 0 fully saturated rings. The van der Waals surface area contributed by atoms with Crippen LogP contribution in [0.4, 0.5) is 0 Å². The van der Waals surface area contributed by atoms with E-state index >= 15 is 0 Å². The number of aryl methyl sites for hydroxylation is 1. The summed E-state index contributed by atoms with van der Waals surface area (Å²) in [7, 11) is 1.63. The molecule has 0 amide bonds. The Morgan fingerprint density at radius 3 is 2.92 bits per heavy atom. The van der Waals surface area contributed by atoms with Gasteiger partial charge in [0.2, 0.25) is 0 Å². The maximum atomic E-state index is 9.40. The van der Waals surface area contributed by atoms with Crippen molar-refractivity contribution < 1.29 is 9.84 Å². The first-order valence-electron chi connectivity index (χ1n) is 3.87. The zero-order valence-corrected chi connectivity index (χ0v) is 7.37. The van der Waals surface area contributed by atoms with Gasteiger partial charge < -0.3 is 9.84 Å². The standard InChI is InChI=1S/C9H13NO2/c1-7-5-9(11)8(10-6-7)3-4-12-2/h5-6,11H,3-4H2,1-2H3. The van der Waals surface area contributed by atoms with E-state index in [0.29, 0.717) is 18.7 Å². The number of rotatable bonds is 3. The quantitative estimate of drug-likeness (QED) is 0.737. The highest BCUT2D eigenvalue weighted by Crippen LogP contribution is 2.15. The van der Waals surface area contributed by atoms with E-state index in [1.165, 1.54) is 0 Å². The Hall–Kier alpha value is -1.09. The molecule has 3 nitrogen and oxygen atoms in total. The van der Waals surface area contributed by atoms with Crippen molar-refractivity contribution in [2.45, 2.75) is 13.3 Å². The number of nitrogens with zero attached hydrogens (tertiary/aromatic N) is 1. The zero-order chi connectivity index (χ0) is 8.97. The van der Waals surface area contributed by atoms with Crippen LogP contribution < -0.4 is 0 Å². The van der Waals surface area contributed by atoms with Crippen LogP contribution in [0.1, 0.15) is 11.3 Å². The lowest BCUT2D eigenvalue weighted by molar-refractivity contribution is 0.200. The van der Waals surface area contributed by atoms with Crippen LogP contribution in [0.5, 0.6) is 5.75 Å². The van der Waals surface area contributed by atoms with Crippen molar-refractivity contribution in [1.82, 2.24) is 4.98 Å². The third-order valence-corrected chi connectivity index (χ3v) is 1.63. The maximum absolute atomic E-state index is 9.40. The molecule has 0 radical (unpaired) electrons. The highest BCUT2D eigenvalue weighted by atomic mass is 16.5. The van der Waals surface area contributed by atoms with Crippen LogP contribution in [0, 0.1) is 6.92 Å². The summed E-state index contributed by atoms with van der Waals surface area (Å²) in [5, 5.41) is 9.40. The number of hydrogen-bond donors (Lipinski definition) is 1. The lowest BCUT2D eigenvalue weighted by Gasteiger charge is -2.02. The van der Waals surface area contributed by atoms with Crippen molar-refractivity contribution in [3.8, 4) is 5.75 Å². The van der Waals surface area contributed by atoms with Crippen LogP contribution in [-0.2, 0) is 11.2 Å². The predicted molar refractivity (Wildman–Crippen MR) is 46.2 cm³/mol. The summed E-state index contributed by atoms with van der Waals surface area (Å²) < 4.78 is 4.88. The molecule has 0 aliphatic rings. The second-order valence-electron chi connectivity index (χ2n) is 2.72.